The van der Waals surface area contributed by atoms with E-state index in [1.165, 1.54) is 32.1 Å². The number of pyridine rings is 1. The molecule has 1 aromatic carbocycles. The summed E-state index contributed by atoms with van der Waals surface area (Å²) in [5, 5.41) is 12.7. The number of nitrogens with zero attached hydrogens (tertiary/aromatic N) is 2. The number of aromatic nitrogens is 1. The molecule has 5 heteroatoms. The van der Waals surface area contributed by atoms with Crippen molar-refractivity contribution in [3.8, 4) is 17.2 Å². The summed E-state index contributed by atoms with van der Waals surface area (Å²) in [5.41, 5.74) is 3.40. The summed E-state index contributed by atoms with van der Waals surface area (Å²) in [6.45, 7) is 0.763. The first-order chi connectivity index (χ1) is 13.7. The molecule has 2 heterocycles. The minimum absolute atomic E-state index is 0.0167. The Morgan fingerprint density at radius 3 is 2.50 bits per heavy atom. The minimum atomic E-state index is 0.0167. The van der Waals surface area contributed by atoms with Crippen LogP contribution in [0.4, 0.5) is 0 Å². The number of carbonyl (C=O) groups is 1. The molecule has 144 valence electrons. The number of benzene rings is 1. The van der Waals surface area contributed by atoms with Crippen LogP contribution in [-0.4, -0.2) is 17.4 Å². The fraction of sp³-hybridized carbons (Fsp3) is 0.435. The molecule has 0 bridgehead atoms. The van der Waals surface area contributed by atoms with E-state index in [4.69, 9.17) is 16.9 Å². The lowest BCUT2D eigenvalue weighted by atomic mass is 9.70. The van der Waals surface area contributed by atoms with E-state index in [9.17, 15) is 4.79 Å². The molecule has 28 heavy (non-hydrogen) atoms. The molecule has 2 atom stereocenters. The maximum absolute atomic E-state index is 12.5. The molecule has 0 radical (unpaired) electrons. The number of rotatable bonds is 4. The Bertz CT molecular complexity index is 897. The maximum Gasteiger partial charge on any atom is 0.223 e. The van der Waals surface area contributed by atoms with Crippen molar-refractivity contribution >= 4 is 17.5 Å². The van der Waals surface area contributed by atoms with E-state index in [2.05, 4.69) is 22.4 Å². The van der Waals surface area contributed by atoms with Crippen LogP contribution in [0.2, 0.25) is 5.02 Å². The Hall–Kier alpha value is -2.38. The molecule has 1 amide bonds. The molecule has 1 saturated carbocycles. The van der Waals surface area contributed by atoms with Crippen molar-refractivity contribution in [2.45, 2.75) is 44.4 Å². The van der Waals surface area contributed by atoms with Gasteiger partial charge in [-0.3, -0.25) is 4.79 Å². The normalized spacial score (nSPS) is 21.1. The third kappa shape index (κ3) is 3.77. The van der Waals surface area contributed by atoms with E-state index in [1.54, 1.807) is 12.3 Å². The van der Waals surface area contributed by atoms with E-state index in [0.717, 1.165) is 34.7 Å². The maximum atomic E-state index is 12.5. The largest absolute Gasteiger partial charge is 0.356 e. The highest BCUT2D eigenvalue weighted by molar-refractivity contribution is 6.31. The van der Waals surface area contributed by atoms with Crippen molar-refractivity contribution in [1.82, 2.24) is 10.3 Å². The molecular weight excluding hydrogens is 370 g/mol. The topological polar surface area (TPSA) is 65.8 Å². The molecular formula is C23H24ClN3O. The summed E-state index contributed by atoms with van der Waals surface area (Å²) < 4.78 is 0. The molecule has 1 N–H and O–H groups in total. The molecule has 1 aromatic heterocycles. The summed E-state index contributed by atoms with van der Waals surface area (Å²) in [4.78, 5) is 16.7. The lowest BCUT2D eigenvalue weighted by Gasteiger charge is -2.34. The second-order valence-corrected chi connectivity index (χ2v) is 8.30. The van der Waals surface area contributed by atoms with Gasteiger partial charge in [0.25, 0.3) is 0 Å². The van der Waals surface area contributed by atoms with Gasteiger partial charge in [0.2, 0.25) is 5.91 Å². The molecule has 2 aromatic rings. The highest BCUT2D eigenvalue weighted by atomic mass is 35.5. The van der Waals surface area contributed by atoms with Gasteiger partial charge in [-0.15, -0.1) is 0 Å². The number of amides is 1. The molecule has 0 spiro atoms. The van der Waals surface area contributed by atoms with Gasteiger partial charge in [0.1, 0.15) is 11.8 Å². The summed E-state index contributed by atoms with van der Waals surface area (Å²) in [7, 11) is 0. The third-order valence-electron chi connectivity index (χ3n) is 6.25. The zero-order chi connectivity index (χ0) is 19.5. The second-order valence-electron chi connectivity index (χ2n) is 7.89. The molecule has 1 aliphatic heterocycles. The van der Waals surface area contributed by atoms with Crippen LogP contribution >= 0.6 is 11.6 Å². The van der Waals surface area contributed by atoms with E-state index < -0.39 is 0 Å². The fourth-order valence-electron chi connectivity index (χ4n) is 4.86. The smallest absolute Gasteiger partial charge is 0.223 e. The molecule has 4 rings (SSSR count). The molecule has 1 aliphatic carbocycles. The van der Waals surface area contributed by atoms with Gasteiger partial charge < -0.3 is 5.32 Å². The average molecular weight is 394 g/mol. The summed E-state index contributed by atoms with van der Waals surface area (Å²) in [6, 6.07) is 11.8. The SMILES string of the molecule is N#Cc1ccc(-c2ccc(C(C3CCCCC3)C3CCNC3=O)c(Cl)c2)cn1. The van der Waals surface area contributed by atoms with Gasteiger partial charge in [-0.1, -0.05) is 43.0 Å². The van der Waals surface area contributed by atoms with Gasteiger partial charge in [-0.25, -0.2) is 4.98 Å². The zero-order valence-corrected chi connectivity index (χ0v) is 16.6. The number of nitrogens with one attached hydrogen (secondary N) is 1. The predicted molar refractivity (Wildman–Crippen MR) is 110 cm³/mol. The number of hydrogen-bond donors (Lipinski definition) is 1. The first-order valence-electron chi connectivity index (χ1n) is 10.1. The average Bonchev–Trinajstić information content (AvgIpc) is 3.16. The van der Waals surface area contributed by atoms with E-state index in [-0.39, 0.29) is 17.7 Å². The number of hydrogen-bond acceptors (Lipinski definition) is 3. The van der Waals surface area contributed by atoms with E-state index in [1.807, 2.05) is 18.2 Å². The standard InChI is InChI=1S/C23H24ClN3O/c24-21-12-16(17-6-8-18(13-25)27-14-17)7-9-19(21)22(15-4-2-1-3-5-15)20-10-11-26-23(20)28/h6-9,12,14-15,20,22H,1-5,10-11H2,(H,26,28). The molecule has 4 nitrogen and oxygen atoms in total. The Morgan fingerprint density at radius 2 is 1.89 bits per heavy atom. The van der Waals surface area contributed by atoms with Gasteiger partial charge in [0.05, 0.1) is 0 Å². The second kappa shape index (κ2) is 8.32. The highest BCUT2D eigenvalue weighted by Gasteiger charge is 2.39. The lowest BCUT2D eigenvalue weighted by Crippen LogP contribution is -2.29. The molecule has 2 fully saturated rings. The van der Waals surface area contributed by atoms with Crippen molar-refractivity contribution < 1.29 is 4.79 Å². The summed E-state index contributed by atoms with van der Waals surface area (Å²) >= 11 is 6.77. The Kier molecular flexibility index (Phi) is 5.64. The summed E-state index contributed by atoms with van der Waals surface area (Å²) in [5.74, 6) is 0.890. The molecule has 2 unspecified atom stereocenters. The van der Waals surface area contributed by atoms with Crippen LogP contribution < -0.4 is 5.32 Å². The molecule has 2 aliphatic rings. The van der Waals surface area contributed by atoms with Crippen molar-refractivity contribution in [1.29, 1.82) is 5.26 Å². The number of carbonyl (C=O) groups excluding carboxylic acids is 1. The van der Waals surface area contributed by atoms with Crippen LogP contribution in [0, 0.1) is 23.2 Å². The zero-order valence-electron chi connectivity index (χ0n) is 15.8. The van der Waals surface area contributed by atoms with E-state index >= 15 is 0 Å². The van der Waals surface area contributed by atoms with Gasteiger partial charge >= 0.3 is 0 Å². The Morgan fingerprint density at radius 1 is 1.11 bits per heavy atom. The van der Waals surface area contributed by atoms with Gasteiger partial charge in [0.15, 0.2) is 0 Å². The quantitative estimate of drug-likeness (QED) is 0.788. The first kappa shape index (κ1) is 19.0. The fourth-order valence-corrected chi connectivity index (χ4v) is 5.16. The van der Waals surface area contributed by atoms with E-state index in [0.29, 0.717) is 11.6 Å². The van der Waals surface area contributed by atoms with Crippen LogP contribution in [0.15, 0.2) is 36.5 Å². The van der Waals surface area contributed by atoms with Crippen molar-refractivity contribution in [3.63, 3.8) is 0 Å². The minimum Gasteiger partial charge on any atom is -0.356 e. The third-order valence-corrected chi connectivity index (χ3v) is 6.58. The highest BCUT2D eigenvalue weighted by Crippen LogP contribution is 2.45. The van der Waals surface area contributed by atoms with Gasteiger partial charge in [-0.2, -0.15) is 5.26 Å². The van der Waals surface area contributed by atoms with Crippen LogP contribution in [0.5, 0.6) is 0 Å². The van der Waals surface area contributed by atoms with Crippen LogP contribution in [0.3, 0.4) is 0 Å². The molecule has 1 saturated heterocycles. The van der Waals surface area contributed by atoms with Crippen LogP contribution in [0.25, 0.3) is 11.1 Å². The lowest BCUT2D eigenvalue weighted by molar-refractivity contribution is -0.123. The number of halogens is 1. The summed E-state index contributed by atoms with van der Waals surface area (Å²) in [6.07, 6.45) is 8.70. The van der Waals surface area contributed by atoms with Crippen molar-refractivity contribution in [2.24, 2.45) is 11.8 Å². The van der Waals surface area contributed by atoms with Crippen molar-refractivity contribution in [3.05, 3.63) is 52.8 Å². The van der Waals surface area contributed by atoms with Crippen molar-refractivity contribution in [2.75, 3.05) is 6.54 Å². The van der Waals surface area contributed by atoms with Gasteiger partial charge in [-0.05, 0) is 60.4 Å². The Labute approximate surface area is 170 Å². The Balaban J connectivity index is 1.67. The predicted octanol–water partition coefficient (Wildman–Crippen LogP) is 5.07. The monoisotopic (exact) mass is 393 g/mol. The van der Waals surface area contributed by atoms with Gasteiger partial charge in [0, 0.05) is 29.2 Å². The first-order valence-corrected chi connectivity index (χ1v) is 10.5. The van der Waals surface area contributed by atoms with Crippen LogP contribution in [-0.2, 0) is 4.79 Å². The number of nitriles is 1. The van der Waals surface area contributed by atoms with Crippen LogP contribution in [0.1, 0.15) is 55.7 Å².